The minimum atomic E-state index is -1.01. The topological polar surface area (TPSA) is 115 Å². The molecule has 1 aromatic heterocycles. The van der Waals surface area contributed by atoms with Crippen molar-refractivity contribution >= 4 is 11.9 Å². The summed E-state index contributed by atoms with van der Waals surface area (Å²) >= 11 is 0. The number of aromatic nitrogens is 1. The molecule has 1 amide bonds. The summed E-state index contributed by atoms with van der Waals surface area (Å²) in [6.45, 7) is 0.438. The molecule has 0 aliphatic rings. The first-order chi connectivity index (χ1) is 9.63. The molecule has 1 rings (SSSR count). The molecule has 7 nitrogen and oxygen atoms in total. The third-order valence-electron chi connectivity index (χ3n) is 2.29. The van der Waals surface area contributed by atoms with E-state index in [0.717, 1.165) is 5.56 Å². The van der Waals surface area contributed by atoms with Gasteiger partial charge < -0.3 is 15.7 Å². The van der Waals surface area contributed by atoms with E-state index in [1.165, 1.54) is 6.20 Å². The first-order valence-electron chi connectivity index (χ1n) is 5.86. The smallest absolute Gasteiger partial charge is 0.305 e. The number of rotatable bonds is 7. The maximum atomic E-state index is 11.6. The minimum Gasteiger partial charge on any atom is -0.481 e. The lowest BCUT2D eigenvalue weighted by atomic mass is 10.2. The van der Waals surface area contributed by atoms with Crippen molar-refractivity contribution in [2.45, 2.75) is 13.0 Å². The van der Waals surface area contributed by atoms with Crippen molar-refractivity contribution in [3.8, 4) is 6.07 Å². The number of carboxylic acids is 1. The predicted molar refractivity (Wildman–Crippen MR) is 70.0 cm³/mol. The van der Waals surface area contributed by atoms with Crippen LogP contribution in [0.1, 0.15) is 12.0 Å². The zero-order valence-electron chi connectivity index (χ0n) is 10.7. The molecule has 0 unspecified atom stereocenters. The molecule has 0 aromatic carbocycles. The predicted octanol–water partition coefficient (Wildman–Crippen LogP) is 0.170. The lowest BCUT2D eigenvalue weighted by Crippen LogP contribution is -2.27. The van der Waals surface area contributed by atoms with Gasteiger partial charge in [-0.1, -0.05) is 0 Å². The van der Waals surface area contributed by atoms with Crippen LogP contribution in [0.3, 0.4) is 0 Å². The average Bonchev–Trinajstić information content (AvgIpc) is 2.44. The van der Waals surface area contributed by atoms with Gasteiger partial charge in [0.1, 0.15) is 11.6 Å². The van der Waals surface area contributed by atoms with Crippen LogP contribution in [0.4, 0.5) is 0 Å². The first-order valence-corrected chi connectivity index (χ1v) is 5.86. The van der Waals surface area contributed by atoms with Gasteiger partial charge in [-0.05, 0) is 17.7 Å². The second kappa shape index (κ2) is 8.26. The molecule has 3 N–H and O–H groups in total. The largest absolute Gasteiger partial charge is 0.481 e. The summed E-state index contributed by atoms with van der Waals surface area (Å²) in [6.07, 6.45) is 4.40. The molecule has 0 aliphatic heterocycles. The average molecular weight is 274 g/mol. The van der Waals surface area contributed by atoms with Gasteiger partial charge in [0.25, 0.3) is 5.91 Å². The van der Waals surface area contributed by atoms with E-state index in [0.29, 0.717) is 6.54 Å². The fourth-order valence-electron chi connectivity index (χ4n) is 1.30. The van der Waals surface area contributed by atoms with Crippen LogP contribution in [0.5, 0.6) is 0 Å². The van der Waals surface area contributed by atoms with Crippen LogP contribution in [0.15, 0.2) is 36.3 Å². The molecule has 0 spiro atoms. The molecule has 104 valence electrons. The monoisotopic (exact) mass is 274 g/mol. The van der Waals surface area contributed by atoms with Crippen molar-refractivity contribution in [3.05, 3.63) is 41.9 Å². The highest BCUT2D eigenvalue weighted by molar-refractivity contribution is 5.97. The number of amides is 1. The fraction of sp³-hybridized carbons (Fsp3) is 0.231. The number of hydrogen-bond acceptors (Lipinski definition) is 5. The van der Waals surface area contributed by atoms with Gasteiger partial charge in [0.2, 0.25) is 0 Å². The van der Waals surface area contributed by atoms with E-state index in [1.54, 1.807) is 30.6 Å². The molecular weight excluding hydrogens is 260 g/mol. The molecular formula is C13H14N4O3. The molecule has 0 aliphatic carbocycles. The van der Waals surface area contributed by atoms with Crippen molar-refractivity contribution in [1.82, 2.24) is 15.6 Å². The van der Waals surface area contributed by atoms with Gasteiger partial charge in [0.15, 0.2) is 0 Å². The Kier molecular flexibility index (Phi) is 6.27. The van der Waals surface area contributed by atoms with Gasteiger partial charge in [-0.2, -0.15) is 5.26 Å². The van der Waals surface area contributed by atoms with Crippen molar-refractivity contribution in [3.63, 3.8) is 0 Å². The van der Waals surface area contributed by atoms with E-state index in [2.05, 4.69) is 15.6 Å². The number of nitrogens with one attached hydrogen (secondary N) is 2. The molecule has 20 heavy (non-hydrogen) atoms. The van der Waals surface area contributed by atoms with Crippen molar-refractivity contribution in [2.24, 2.45) is 0 Å². The standard InChI is InChI=1S/C13H14N4O3/c14-7-11(13(20)17-6-3-12(18)19)9-16-8-10-1-4-15-5-2-10/h1-2,4-5,9,16H,3,6,8H2,(H,17,20)(H,18,19)/b11-9-. The summed E-state index contributed by atoms with van der Waals surface area (Å²) in [6, 6.07) is 5.36. The van der Waals surface area contributed by atoms with Crippen LogP contribution in [-0.4, -0.2) is 28.5 Å². The van der Waals surface area contributed by atoms with E-state index in [-0.39, 0.29) is 18.5 Å². The molecule has 1 aromatic rings. The van der Waals surface area contributed by atoms with Gasteiger partial charge in [0, 0.05) is 31.7 Å². The van der Waals surface area contributed by atoms with E-state index < -0.39 is 11.9 Å². The van der Waals surface area contributed by atoms with Gasteiger partial charge in [0.05, 0.1) is 6.42 Å². The van der Waals surface area contributed by atoms with Gasteiger partial charge in [-0.3, -0.25) is 14.6 Å². The van der Waals surface area contributed by atoms with Crippen molar-refractivity contribution in [2.75, 3.05) is 6.54 Å². The molecule has 0 saturated heterocycles. The zero-order valence-corrected chi connectivity index (χ0v) is 10.7. The lowest BCUT2D eigenvalue weighted by molar-refractivity contribution is -0.136. The summed E-state index contributed by atoms with van der Waals surface area (Å²) in [5.74, 6) is -1.61. The molecule has 0 radical (unpaired) electrons. The van der Waals surface area contributed by atoms with Crippen LogP contribution in [0.25, 0.3) is 0 Å². The summed E-state index contributed by atoms with van der Waals surface area (Å²) in [4.78, 5) is 25.7. The lowest BCUT2D eigenvalue weighted by Gasteiger charge is -2.04. The zero-order chi connectivity index (χ0) is 14.8. The number of hydrogen-bond donors (Lipinski definition) is 3. The Morgan fingerprint density at radius 2 is 2.10 bits per heavy atom. The van der Waals surface area contributed by atoms with Crippen molar-refractivity contribution < 1.29 is 14.7 Å². The maximum absolute atomic E-state index is 11.6. The number of aliphatic carboxylic acids is 1. The quantitative estimate of drug-likeness (QED) is 0.482. The molecule has 0 saturated carbocycles. The van der Waals surface area contributed by atoms with E-state index in [4.69, 9.17) is 10.4 Å². The first kappa shape index (κ1) is 15.2. The maximum Gasteiger partial charge on any atom is 0.305 e. The van der Waals surface area contributed by atoms with Crippen LogP contribution in [-0.2, 0) is 16.1 Å². The third kappa shape index (κ3) is 5.64. The normalized spacial score (nSPS) is 10.4. The number of nitriles is 1. The Labute approximate surface area is 115 Å². The Bertz CT molecular complexity index is 534. The number of carbonyl (C=O) groups excluding carboxylic acids is 1. The second-order valence-corrected chi connectivity index (χ2v) is 3.81. The third-order valence-corrected chi connectivity index (χ3v) is 2.29. The molecule has 0 bridgehead atoms. The molecule has 1 heterocycles. The number of pyridine rings is 1. The Balaban J connectivity index is 2.44. The van der Waals surface area contributed by atoms with Gasteiger partial charge in [-0.15, -0.1) is 0 Å². The Hall–Kier alpha value is -2.88. The number of carboxylic acid groups (broad SMARTS) is 1. The summed E-state index contributed by atoms with van der Waals surface area (Å²) in [5, 5.41) is 22.5. The van der Waals surface area contributed by atoms with Crippen molar-refractivity contribution in [1.29, 1.82) is 5.26 Å². The van der Waals surface area contributed by atoms with E-state index in [9.17, 15) is 9.59 Å². The Morgan fingerprint density at radius 1 is 1.40 bits per heavy atom. The van der Waals surface area contributed by atoms with Crippen LogP contribution >= 0.6 is 0 Å². The molecule has 0 atom stereocenters. The molecule has 0 fully saturated rings. The summed E-state index contributed by atoms with van der Waals surface area (Å²) in [7, 11) is 0. The highest BCUT2D eigenvalue weighted by Crippen LogP contribution is 1.96. The number of carbonyl (C=O) groups is 2. The number of nitrogens with zero attached hydrogens (tertiary/aromatic N) is 2. The fourth-order valence-corrected chi connectivity index (χ4v) is 1.30. The Morgan fingerprint density at radius 3 is 2.70 bits per heavy atom. The molecule has 7 heteroatoms. The van der Waals surface area contributed by atoms with Crippen LogP contribution in [0.2, 0.25) is 0 Å². The van der Waals surface area contributed by atoms with E-state index >= 15 is 0 Å². The summed E-state index contributed by atoms with van der Waals surface area (Å²) < 4.78 is 0. The van der Waals surface area contributed by atoms with Crippen LogP contribution < -0.4 is 10.6 Å². The summed E-state index contributed by atoms with van der Waals surface area (Å²) in [5.41, 5.74) is 0.851. The van der Waals surface area contributed by atoms with Gasteiger partial charge in [-0.25, -0.2) is 0 Å². The van der Waals surface area contributed by atoms with Gasteiger partial charge >= 0.3 is 5.97 Å². The van der Waals surface area contributed by atoms with Crippen LogP contribution in [0, 0.1) is 11.3 Å². The highest BCUT2D eigenvalue weighted by atomic mass is 16.4. The van der Waals surface area contributed by atoms with E-state index in [1.807, 2.05) is 0 Å². The highest BCUT2D eigenvalue weighted by Gasteiger charge is 2.08. The minimum absolute atomic E-state index is 0.0163. The second-order valence-electron chi connectivity index (χ2n) is 3.81. The SMILES string of the molecule is N#C/C(=C/NCc1ccncc1)C(=O)NCCC(=O)O.